The third-order valence-corrected chi connectivity index (χ3v) is 6.76. The van der Waals surface area contributed by atoms with E-state index in [1.54, 1.807) is 0 Å². The highest BCUT2D eigenvalue weighted by Crippen LogP contribution is 2.45. The van der Waals surface area contributed by atoms with Crippen LogP contribution in [0, 0.1) is 11.2 Å². The van der Waals surface area contributed by atoms with Crippen molar-refractivity contribution in [3.63, 3.8) is 0 Å². The van der Waals surface area contributed by atoms with E-state index in [9.17, 15) is 12.8 Å². The number of nitrogens with one attached hydrogen (secondary N) is 1. The van der Waals surface area contributed by atoms with Crippen molar-refractivity contribution in [1.29, 1.82) is 0 Å². The van der Waals surface area contributed by atoms with E-state index in [1.165, 1.54) is 6.07 Å². The van der Waals surface area contributed by atoms with Crippen LogP contribution in [0.4, 0.5) is 4.39 Å². The van der Waals surface area contributed by atoms with Crippen LogP contribution in [0.25, 0.3) is 0 Å². The molecule has 0 aromatic heterocycles. The van der Waals surface area contributed by atoms with E-state index in [4.69, 9.17) is 34.8 Å². The number of rotatable bonds is 3. The Labute approximate surface area is 132 Å². The summed E-state index contributed by atoms with van der Waals surface area (Å²) < 4.78 is 40.6. The fourth-order valence-electron chi connectivity index (χ4n) is 2.04. The van der Waals surface area contributed by atoms with Gasteiger partial charge in [0.15, 0.2) is 5.82 Å². The molecule has 0 spiro atoms. The molecule has 0 radical (unpaired) electrons. The predicted octanol–water partition coefficient (Wildman–Crippen LogP) is 3.82. The van der Waals surface area contributed by atoms with Crippen LogP contribution >= 0.6 is 34.8 Å². The Hall–Kier alpha value is -0.0700. The molecule has 1 N–H and O–H groups in total. The van der Waals surface area contributed by atoms with Crippen molar-refractivity contribution >= 4 is 44.8 Å². The molecule has 0 amide bonds. The smallest absolute Gasteiger partial charge is 0.207 e. The highest BCUT2D eigenvalue weighted by molar-refractivity contribution is 7.89. The first-order valence-corrected chi connectivity index (χ1v) is 8.55. The molecule has 0 bridgehead atoms. The van der Waals surface area contributed by atoms with Gasteiger partial charge in [-0.25, -0.2) is 17.5 Å². The Kier molecular flexibility index (Phi) is 4.31. The zero-order chi connectivity index (χ0) is 15.3. The van der Waals surface area contributed by atoms with Gasteiger partial charge in [-0.3, -0.25) is 0 Å². The maximum absolute atomic E-state index is 13.6. The van der Waals surface area contributed by atoms with Gasteiger partial charge in [0.25, 0.3) is 0 Å². The van der Waals surface area contributed by atoms with Gasteiger partial charge in [-0.2, -0.15) is 0 Å². The molecule has 0 aliphatic heterocycles. The maximum Gasteiger partial charge on any atom is 0.242 e. The van der Waals surface area contributed by atoms with Gasteiger partial charge in [-0.1, -0.05) is 37.0 Å². The number of alkyl halides is 1. The zero-order valence-electron chi connectivity index (χ0n) is 10.8. The monoisotopic (exact) mass is 359 g/mol. The number of sulfonamides is 1. The maximum atomic E-state index is 13.6. The molecule has 1 aromatic rings. The van der Waals surface area contributed by atoms with Crippen LogP contribution < -0.4 is 4.72 Å². The van der Waals surface area contributed by atoms with Gasteiger partial charge in [0.05, 0.1) is 10.0 Å². The van der Waals surface area contributed by atoms with E-state index < -0.39 is 20.9 Å². The first-order valence-electron chi connectivity index (χ1n) is 5.87. The van der Waals surface area contributed by atoms with E-state index in [-0.39, 0.29) is 26.8 Å². The second kappa shape index (κ2) is 5.29. The van der Waals surface area contributed by atoms with Crippen molar-refractivity contribution in [2.45, 2.75) is 36.6 Å². The summed E-state index contributed by atoms with van der Waals surface area (Å²) >= 11 is 17.3. The van der Waals surface area contributed by atoms with Gasteiger partial charge >= 0.3 is 0 Å². The van der Waals surface area contributed by atoms with Gasteiger partial charge in [0.1, 0.15) is 4.90 Å². The molecule has 2 atom stereocenters. The second-order valence-corrected chi connectivity index (χ2v) is 8.37. The summed E-state index contributed by atoms with van der Waals surface area (Å²) in [6, 6.07) is 2.03. The van der Waals surface area contributed by atoms with E-state index in [0.717, 1.165) is 6.07 Å². The summed E-state index contributed by atoms with van der Waals surface area (Å²) in [6.07, 6.45) is 0.515. The minimum atomic E-state index is -3.92. The number of halogens is 4. The molecule has 2 rings (SSSR count). The minimum absolute atomic E-state index is 0.104. The number of hydrogen-bond donors (Lipinski definition) is 1. The van der Waals surface area contributed by atoms with E-state index in [2.05, 4.69) is 4.72 Å². The first-order chi connectivity index (χ1) is 9.07. The zero-order valence-corrected chi connectivity index (χ0v) is 13.8. The Balaban J connectivity index is 2.31. The fourth-order valence-corrected chi connectivity index (χ4v) is 4.52. The number of hydrogen-bond acceptors (Lipinski definition) is 2. The molecule has 0 saturated heterocycles. The highest BCUT2D eigenvalue weighted by Gasteiger charge is 2.49. The van der Waals surface area contributed by atoms with Crippen molar-refractivity contribution < 1.29 is 12.8 Å². The third kappa shape index (κ3) is 2.66. The van der Waals surface area contributed by atoms with Crippen LogP contribution in [-0.2, 0) is 10.0 Å². The summed E-state index contributed by atoms with van der Waals surface area (Å²) in [4.78, 5) is -0.324. The summed E-state index contributed by atoms with van der Waals surface area (Å²) in [7, 11) is -3.92. The molecule has 2 unspecified atom stereocenters. The van der Waals surface area contributed by atoms with Crippen LogP contribution in [0.1, 0.15) is 20.3 Å². The lowest BCUT2D eigenvalue weighted by molar-refractivity contribution is 0.137. The quantitative estimate of drug-likeness (QED) is 0.658. The van der Waals surface area contributed by atoms with Crippen molar-refractivity contribution in [3.05, 3.63) is 28.0 Å². The highest BCUT2D eigenvalue weighted by atomic mass is 35.5. The van der Waals surface area contributed by atoms with Gasteiger partial charge in [-0.05, 0) is 24.0 Å². The minimum Gasteiger partial charge on any atom is -0.207 e. The molecule has 20 heavy (non-hydrogen) atoms. The van der Waals surface area contributed by atoms with E-state index in [1.807, 2.05) is 13.8 Å². The molecule has 1 aromatic carbocycles. The molecule has 1 saturated carbocycles. The number of benzene rings is 1. The average Bonchev–Trinajstić information content (AvgIpc) is 2.35. The Bertz CT molecular complexity index is 648. The van der Waals surface area contributed by atoms with Crippen LogP contribution in [0.2, 0.25) is 10.0 Å². The summed E-state index contributed by atoms with van der Waals surface area (Å²) in [5, 5.41) is -0.837. The summed E-state index contributed by atoms with van der Waals surface area (Å²) in [5.41, 5.74) is -0.369. The van der Waals surface area contributed by atoms with Crippen LogP contribution in [0.3, 0.4) is 0 Å². The molecular formula is C12H13Cl3FNO2S. The molecule has 1 aliphatic rings. The predicted molar refractivity (Wildman–Crippen MR) is 78.6 cm³/mol. The molecule has 8 heteroatoms. The van der Waals surface area contributed by atoms with Gasteiger partial charge in [0.2, 0.25) is 10.0 Å². The van der Waals surface area contributed by atoms with Crippen LogP contribution in [0.15, 0.2) is 17.0 Å². The average molecular weight is 361 g/mol. The van der Waals surface area contributed by atoms with E-state index >= 15 is 0 Å². The standard InChI is InChI=1S/C12H13Cl3FNO2S/c1-12(2)8(14)5-9(12)17-20(18,19)7-4-3-6(13)11(16)10(7)15/h3-4,8-9,17H,5H2,1-2H3. The summed E-state index contributed by atoms with van der Waals surface area (Å²) in [6.45, 7) is 3.73. The van der Waals surface area contributed by atoms with Gasteiger partial charge < -0.3 is 0 Å². The van der Waals surface area contributed by atoms with Gasteiger partial charge in [0, 0.05) is 11.4 Å². The Morgan fingerprint density at radius 2 is 1.95 bits per heavy atom. The first kappa shape index (κ1) is 16.3. The fraction of sp³-hybridized carbons (Fsp3) is 0.500. The van der Waals surface area contributed by atoms with Crippen LogP contribution in [-0.4, -0.2) is 19.8 Å². The summed E-state index contributed by atoms with van der Waals surface area (Å²) in [5.74, 6) is -0.945. The Morgan fingerprint density at radius 3 is 2.45 bits per heavy atom. The van der Waals surface area contributed by atoms with Crippen LogP contribution in [0.5, 0.6) is 0 Å². The SMILES string of the molecule is CC1(C)C(Cl)CC1NS(=O)(=O)c1ccc(Cl)c(F)c1Cl. The largest absolute Gasteiger partial charge is 0.242 e. The molecule has 112 valence electrons. The second-order valence-electron chi connectivity index (χ2n) is 5.37. The molecule has 1 aliphatic carbocycles. The molecule has 3 nitrogen and oxygen atoms in total. The third-order valence-electron chi connectivity index (χ3n) is 3.73. The lowest BCUT2D eigenvalue weighted by Crippen LogP contribution is -2.59. The lowest BCUT2D eigenvalue weighted by Gasteiger charge is -2.48. The van der Waals surface area contributed by atoms with Crippen molar-refractivity contribution in [2.75, 3.05) is 0 Å². The van der Waals surface area contributed by atoms with Crippen molar-refractivity contribution in [1.82, 2.24) is 4.72 Å². The normalized spacial score (nSPS) is 25.3. The van der Waals surface area contributed by atoms with Crippen molar-refractivity contribution in [3.8, 4) is 0 Å². The topological polar surface area (TPSA) is 46.2 Å². The lowest BCUT2D eigenvalue weighted by atomic mass is 9.67. The Morgan fingerprint density at radius 1 is 1.35 bits per heavy atom. The van der Waals surface area contributed by atoms with Crippen molar-refractivity contribution in [2.24, 2.45) is 5.41 Å². The molecule has 0 heterocycles. The molecule has 1 fully saturated rings. The van der Waals surface area contributed by atoms with Gasteiger partial charge in [-0.15, -0.1) is 11.6 Å². The molecular weight excluding hydrogens is 348 g/mol. The van der Waals surface area contributed by atoms with E-state index in [0.29, 0.717) is 6.42 Å².